The second kappa shape index (κ2) is 7.90. The summed E-state index contributed by atoms with van der Waals surface area (Å²) in [6, 6.07) is 0.494. The Balaban J connectivity index is 2.73. The third-order valence-corrected chi connectivity index (χ3v) is 3.12. The van der Waals surface area contributed by atoms with E-state index >= 15 is 0 Å². The van der Waals surface area contributed by atoms with E-state index in [9.17, 15) is 0 Å². The Morgan fingerprint density at radius 1 is 1.22 bits per heavy atom. The molecule has 4 nitrogen and oxygen atoms in total. The lowest BCUT2D eigenvalue weighted by Gasteiger charge is -2.20. The van der Waals surface area contributed by atoms with Crippen LogP contribution < -0.4 is 10.1 Å². The zero-order valence-corrected chi connectivity index (χ0v) is 12.0. The van der Waals surface area contributed by atoms with E-state index in [2.05, 4.69) is 29.1 Å². The Morgan fingerprint density at radius 2 is 2.00 bits per heavy atom. The Kier molecular flexibility index (Phi) is 6.47. The minimum absolute atomic E-state index is 0.494. The molecule has 0 aliphatic rings. The molecule has 1 unspecified atom stereocenters. The number of methoxy groups -OCH3 is 1. The molecule has 0 bridgehead atoms. The van der Waals surface area contributed by atoms with Crippen LogP contribution >= 0.6 is 0 Å². The summed E-state index contributed by atoms with van der Waals surface area (Å²) >= 11 is 0. The van der Waals surface area contributed by atoms with Crippen LogP contribution in [-0.2, 0) is 0 Å². The van der Waals surface area contributed by atoms with Gasteiger partial charge in [-0.25, -0.2) is 9.97 Å². The highest BCUT2D eigenvalue weighted by Crippen LogP contribution is 2.22. The van der Waals surface area contributed by atoms with Gasteiger partial charge in [0.05, 0.1) is 12.7 Å². The van der Waals surface area contributed by atoms with E-state index in [4.69, 9.17) is 4.74 Å². The number of nitrogens with one attached hydrogen (secondary N) is 1. The van der Waals surface area contributed by atoms with E-state index < -0.39 is 0 Å². The predicted molar refractivity (Wildman–Crippen MR) is 75.2 cm³/mol. The van der Waals surface area contributed by atoms with Crippen molar-refractivity contribution in [1.29, 1.82) is 0 Å². The SMILES string of the molecule is CCCCC(CCC)Nc1ncnc(OC)c1C. The lowest BCUT2D eigenvalue weighted by Crippen LogP contribution is -2.20. The van der Waals surface area contributed by atoms with Gasteiger partial charge in [-0.1, -0.05) is 33.1 Å². The number of anilines is 1. The van der Waals surface area contributed by atoms with Gasteiger partial charge in [0.1, 0.15) is 12.1 Å². The number of hydrogen-bond acceptors (Lipinski definition) is 4. The molecule has 18 heavy (non-hydrogen) atoms. The van der Waals surface area contributed by atoms with Crippen LogP contribution in [0, 0.1) is 6.92 Å². The minimum atomic E-state index is 0.494. The normalized spacial score (nSPS) is 12.2. The number of hydrogen-bond donors (Lipinski definition) is 1. The fourth-order valence-corrected chi connectivity index (χ4v) is 2.07. The van der Waals surface area contributed by atoms with Crippen molar-refractivity contribution in [3.8, 4) is 5.88 Å². The Bertz CT molecular complexity index is 355. The van der Waals surface area contributed by atoms with E-state index in [1.54, 1.807) is 13.4 Å². The summed E-state index contributed by atoms with van der Waals surface area (Å²) in [4.78, 5) is 8.41. The van der Waals surface area contributed by atoms with Gasteiger partial charge in [0.25, 0.3) is 0 Å². The molecule has 1 atom stereocenters. The first-order valence-electron chi connectivity index (χ1n) is 6.85. The van der Waals surface area contributed by atoms with Crippen molar-refractivity contribution >= 4 is 5.82 Å². The molecule has 1 aromatic rings. The largest absolute Gasteiger partial charge is 0.481 e. The molecule has 0 saturated heterocycles. The van der Waals surface area contributed by atoms with Crippen LogP contribution in [0.4, 0.5) is 5.82 Å². The molecular formula is C14H25N3O. The quantitative estimate of drug-likeness (QED) is 0.767. The van der Waals surface area contributed by atoms with E-state index in [-0.39, 0.29) is 0 Å². The van der Waals surface area contributed by atoms with Crippen molar-refractivity contribution in [2.45, 2.75) is 58.9 Å². The monoisotopic (exact) mass is 251 g/mol. The van der Waals surface area contributed by atoms with Gasteiger partial charge in [0, 0.05) is 6.04 Å². The molecule has 102 valence electrons. The van der Waals surface area contributed by atoms with Crippen LogP contribution in [0.25, 0.3) is 0 Å². The lowest BCUT2D eigenvalue weighted by molar-refractivity contribution is 0.393. The summed E-state index contributed by atoms with van der Waals surface area (Å²) in [6.45, 7) is 6.43. The third kappa shape index (κ3) is 4.17. The molecule has 0 aromatic carbocycles. The predicted octanol–water partition coefficient (Wildman–Crippen LogP) is 3.56. The maximum absolute atomic E-state index is 5.22. The van der Waals surface area contributed by atoms with Crippen molar-refractivity contribution in [3.05, 3.63) is 11.9 Å². The molecule has 0 spiro atoms. The van der Waals surface area contributed by atoms with Crippen molar-refractivity contribution in [3.63, 3.8) is 0 Å². The van der Waals surface area contributed by atoms with E-state index in [0.29, 0.717) is 11.9 Å². The number of unbranched alkanes of at least 4 members (excludes halogenated alkanes) is 1. The van der Waals surface area contributed by atoms with E-state index in [1.807, 2.05) is 6.92 Å². The summed E-state index contributed by atoms with van der Waals surface area (Å²) in [5.41, 5.74) is 0.984. The Hall–Kier alpha value is -1.32. The second-order valence-electron chi connectivity index (χ2n) is 4.63. The van der Waals surface area contributed by atoms with E-state index in [1.165, 1.54) is 32.1 Å². The van der Waals surface area contributed by atoms with Crippen molar-refractivity contribution in [2.24, 2.45) is 0 Å². The van der Waals surface area contributed by atoms with Gasteiger partial charge in [0.2, 0.25) is 5.88 Å². The summed E-state index contributed by atoms with van der Waals surface area (Å²) in [7, 11) is 1.64. The number of aromatic nitrogens is 2. The van der Waals surface area contributed by atoms with Gasteiger partial charge >= 0.3 is 0 Å². The molecule has 1 N–H and O–H groups in total. The van der Waals surface area contributed by atoms with Gasteiger partial charge in [0.15, 0.2) is 0 Å². The molecule has 0 amide bonds. The average Bonchev–Trinajstić information content (AvgIpc) is 2.38. The number of nitrogens with zero attached hydrogens (tertiary/aromatic N) is 2. The number of rotatable bonds is 8. The molecule has 0 radical (unpaired) electrons. The maximum Gasteiger partial charge on any atom is 0.221 e. The third-order valence-electron chi connectivity index (χ3n) is 3.12. The first kappa shape index (κ1) is 14.7. The highest BCUT2D eigenvalue weighted by molar-refractivity contribution is 5.48. The zero-order valence-electron chi connectivity index (χ0n) is 12.0. The molecule has 1 aromatic heterocycles. The fourth-order valence-electron chi connectivity index (χ4n) is 2.07. The standard InChI is InChI=1S/C14H25N3O/c1-5-7-9-12(8-6-2)17-13-11(3)14(18-4)16-10-15-13/h10,12H,5-9H2,1-4H3,(H,15,16,17). The highest BCUT2D eigenvalue weighted by Gasteiger charge is 2.12. The molecule has 0 aliphatic heterocycles. The smallest absolute Gasteiger partial charge is 0.221 e. The lowest BCUT2D eigenvalue weighted by atomic mass is 10.1. The van der Waals surface area contributed by atoms with Gasteiger partial charge in [-0.3, -0.25) is 0 Å². The molecule has 1 heterocycles. The summed E-state index contributed by atoms with van der Waals surface area (Å²) < 4.78 is 5.22. The molecular weight excluding hydrogens is 226 g/mol. The average molecular weight is 251 g/mol. The first-order chi connectivity index (χ1) is 8.72. The van der Waals surface area contributed by atoms with Crippen molar-refractivity contribution in [2.75, 3.05) is 12.4 Å². The van der Waals surface area contributed by atoms with Gasteiger partial charge < -0.3 is 10.1 Å². The molecule has 0 fully saturated rings. The van der Waals surface area contributed by atoms with Crippen molar-refractivity contribution < 1.29 is 4.74 Å². The van der Waals surface area contributed by atoms with Crippen LogP contribution in [-0.4, -0.2) is 23.1 Å². The highest BCUT2D eigenvalue weighted by atomic mass is 16.5. The van der Waals surface area contributed by atoms with Gasteiger partial charge in [-0.15, -0.1) is 0 Å². The number of ether oxygens (including phenoxy) is 1. The van der Waals surface area contributed by atoms with Crippen LogP contribution in [0.2, 0.25) is 0 Å². The minimum Gasteiger partial charge on any atom is -0.481 e. The molecule has 0 aliphatic carbocycles. The van der Waals surface area contributed by atoms with Gasteiger partial charge in [-0.05, 0) is 19.8 Å². The molecule has 4 heteroatoms. The topological polar surface area (TPSA) is 47.0 Å². The van der Waals surface area contributed by atoms with E-state index in [0.717, 1.165) is 11.4 Å². The fraction of sp³-hybridized carbons (Fsp3) is 0.714. The maximum atomic E-state index is 5.22. The van der Waals surface area contributed by atoms with Crippen molar-refractivity contribution in [1.82, 2.24) is 9.97 Å². The van der Waals surface area contributed by atoms with Crippen LogP contribution in [0.5, 0.6) is 5.88 Å². The Morgan fingerprint density at radius 3 is 2.61 bits per heavy atom. The molecule has 0 saturated carbocycles. The Labute approximate surface area is 110 Å². The summed E-state index contributed by atoms with van der Waals surface area (Å²) in [6.07, 6.45) is 7.58. The van der Waals surface area contributed by atoms with Gasteiger partial charge in [-0.2, -0.15) is 0 Å². The van der Waals surface area contributed by atoms with Crippen LogP contribution in [0.15, 0.2) is 6.33 Å². The summed E-state index contributed by atoms with van der Waals surface area (Å²) in [5, 5.41) is 3.53. The van der Waals surface area contributed by atoms with Crippen LogP contribution in [0.3, 0.4) is 0 Å². The molecule has 1 rings (SSSR count). The zero-order chi connectivity index (χ0) is 13.4. The van der Waals surface area contributed by atoms with Crippen LogP contribution in [0.1, 0.15) is 51.5 Å². The first-order valence-corrected chi connectivity index (χ1v) is 6.85. The second-order valence-corrected chi connectivity index (χ2v) is 4.63. The summed E-state index contributed by atoms with van der Waals surface area (Å²) in [5.74, 6) is 1.55.